The van der Waals surface area contributed by atoms with Gasteiger partial charge in [-0.15, -0.1) is 0 Å². The van der Waals surface area contributed by atoms with Crippen LogP contribution in [0.4, 0.5) is 37.6 Å². The summed E-state index contributed by atoms with van der Waals surface area (Å²) in [5.41, 5.74) is 3.86. The molecular formula is C44H50ClF2N11O4. The molecule has 62 heavy (non-hydrogen) atoms. The summed E-state index contributed by atoms with van der Waals surface area (Å²) < 4.78 is 39.1. The van der Waals surface area contributed by atoms with Gasteiger partial charge in [0.2, 0.25) is 23.5 Å². The molecule has 10 rings (SSSR count). The molecule has 5 aromatic rings. The Balaban J connectivity index is 0.772. The molecule has 4 fully saturated rings. The molecule has 15 nitrogen and oxygen atoms in total. The number of nitrogens with zero attached hydrogens (tertiary/aromatic N) is 8. The molecule has 2 amide bonds. The first-order valence-electron chi connectivity index (χ1n) is 21.7. The average Bonchev–Trinajstić information content (AvgIpc) is 4.09. The Morgan fingerprint density at radius 1 is 0.919 bits per heavy atom. The van der Waals surface area contributed by atoms with E-state index in [9.17, 15) is 14.4 Å². The second-order valence-electron chi connectivity index (χ2n) is 17.6. The third-order valence-electron chi connectivity index (χ3n) is 13.4. The second kappa shape index (κ2) is 16.0. The maximum atomic E-state index is 15.2. The van der Waals surface area contributed by atoms with Gasteiger partial charge in [0.1, 0.15) is 5.02 Å². The van der Waals surface area contributed by atoms with E-state index in [1.165, 1.54) is 4.57 Å². The Morgan fingerprint density at radius 3 is 2.53 bits per heavy atom. The lowest BCUT2D eigenvalue weighted by Crippen LogP contribution is -2.44. The summed E-state index contributed by atoms with van der Waals surface area (Å²) in [6, 6.07) is 10.6. The van der Waals surface area contributed by atoms with Gasteiger partial charge in [-0.3, -0.25) is 24.4 Å². The number of fused-ring (bicyclic) bond motifs is 4. The van der Waals surface area contributed by atoms with Gasteiger partial charge in [0, 0.05) is 81.9 Å². The highest BCUT2D eigenvalue weighted by Gasteiger charge is 2.51. The van der Waals surface area contributed by atoms with Crippen LogP contribution in [0.1, 0.15) is 56.6 Å². The topological polar surface area (TPSA) is 155 Å². The van der Waals surface area contributed by atoms with Gasteiger partial charge in [-0.1, -0.05) is 11.6 Å². The first-order valence-corrected chi connectivity index (χ1v) is 22.0. The maximum Gasteiger partial charge on any atom is 0.301 e. The highest BCUT2D eigenvalue weighted by Crippen LogP contribution is 2.46. The van der Waals surface area contributed by atoms with E-state index in [1.807, 2.05) is 23.9 Å². The third-order valence-corrected chi connectivity index (χ3v) is 13.7. The van der Waals surface area contributed by atoms with E-state index in [4.69, 9.17) is 26.4 Å². The summed E-state index contributed by atoms with van der Waals surface area (Å²) >= 11 is 6.64. The summed E-state index contributed by atoms with van der Waals surface area (Å²) in [7, 11) is 3.51. The second-order valence-corrected chi connectivity index (χ2v) is 18.0. The highest BCUT2D eigenvalue weighted by atomic mass is 35.5. The third kappa shape index (κ3) is 7.67. The van der Waals surface area contributed by atoms with Crippen LogP contribution in [0.15, 0.2) is 47.4 Å². The van der Waals surface area contributed by atoms with E-state index in [2.05, 4.69) is 53.8 Å². The fraction of sp³-hybridized carbons (Fsp3) is 0.500. The Kier molecular flexibility index (Phi) is 10.4. The number of pyridine rings is 1. The number of aryl methyl sites for hydroxylation is 2. The van der Waals surface area contributed by atoms with Crippen molar-refractivity contribution < 1.29 is 23.1 Å². The van der Waals surface area contributed by atoms with E-state index in [-0.39, 0.29) is 29.2 Å². The van der Waals surface area contributed by atoms with E-state index in [0.29, 0.717) is 65.0 Å². The van der Waals surface area contributed by atoms with Crippen LogP contribution in [0.2, 0.25) is 5.02 Å². The minimum absolute atomic E-state index is 0.105. The van der Waals surface area contributed by atoms with E-state index >= 15 is 8.78 Å². The number of hydrogen-bond donors (Lipinski definition) is 3. The minimum atomic E-state index is -3.13. The molecule has 326 valence electrons. The van der Waals surface area contributed by atoms with Crippen molar-refractivity contribution in [1.29, 1.82) is 0 Å². The van der Waals surface area contributed by atoms with E-state index in [1.54, 1.807) is 19.3 Å². The summed E-state index contributed by atoms with van der Waals surface area (Å²) in [5, 5.41) is 15.4. The standard InChI is InChI=1S/C44H50ClF2N11O4/c1-54-33-10-6-27(20-31(33)37-38(42(54)61)62-24-44(46,47)39(51-37)26-4-5-26)49-40-32(45)22-48-43(52-40)58-16-12-25(13-17-58)23-56-14-3-15-57(19-18-56)28-7-8-29-34(21-28)55(2)53-36(29)30-9-11-35(59)50-41(30)60/h6-8,10,20-22,25-26,30,39,51H,3-5,9,11-19,23-24H2,1-2H3,(H,48,49,52)(H,50,59,60)/t30?,39-/m0/s1. The number of carbonyl (C=O) groups is 2. The van der Waals surface area contributed by atoms with Crippen molar-refractivity contribution in [2.45, 2.75) is 62.8 Å². The number of carbonyl (C=O) groups excluding carboxylic acids is 2. The summed E-state index contributed by atoms with van der Waals surface area (Å²) in [6.45, 7) is 5.66. The quantitative estimate of drug-likeness (QED) is 0.162. The molecule has 2 atom stereocenters. The Hall–Kier alpha value is -5.55. The Bertz CT molecular complexity index is 2640. The molecule has 18 heteroatoms. The van der Waals surface area contributed by atoms with Crippen LogP contribution >= 0.6 is 11.6 Å². The van der Waals surface area contributed by atoms with Gasteiger partial charge in [-0.05, 0) is 93.3 Å². The first-order chi connectivity index (χ1) is 29.9. The molecule has 0 radical (unpaired) electrons. The number of rotatable bonds is 8. The fourth-order valence-electron chi connectivity index (χ4n) is 9.80. The molecule has 1 aliphatic carbocycles. The molecule has 1 saturated carbocycles. The number of imide groups is 1. The van der Waals surface area contributed by atoms with Gasteiger partial charge in [0.25, 0.3) is 5.56 Å². The molecule has 3 aromatic heterocycles. The van der Waals surface area contributed by atoms with Crippen LogP contribution in [0, 0.1) is 11.8 Å². The monoisotopic (exact) mass is 869 g/mol. The lowest BCUT2D eigenvalue weighted by molar-refractivity contribution is -0.134. The Morgan fingerprint density at radius 2 is 1.74 bits per heavy atom. The number of anilines is 5. The first kappa shape index (κ1) is 40.5. The molecule has 2 aromatic carbocycles. The Labute approximate surface area is 361 Å². The van der Waals surface area contributed by atoms with Crippen LogP contribution in [-0.4, -0.2) is 105 Å². The normalized spacial score (nSPS) is 22.5. The predicted octanol–water partition coefficient (Wildman–Crippen LogP) is 5.78. The number of alkyl halides is 2. The zero-order valence-electron chi connectivity index (χ0n) is 34.8. The van der Waals surface area contributed by atoms with Crippen LogP contribution in [0.5, 0.6) is 5.75 Å². The van der Waals surface area contributed by atoms with Crippen molar-refractivity contribution in [1.82, 2.24) is 34.5 Å². The van der Waals surface area contributed by atoms with Gasteiger partial charge in [0.05, 0.1) is 40.6 Å². The van der Waals surface area contributed by atoms with Crippen molar-refractivity contribution >= 4 is 74.0 Å². The highest BCUT2D eigenvalue weighted by molar-refractivity contribution is 6.33. The van der Waals surface area contributed by atoms with Crippen molar-refractivity contribution in [3.05, 3.63) is 63.7 Å². The van der Waals surface area contributed by atoms with Gasteiger partial charge in [-0.25, -0.2) is 13.8 Å². The zero-order valence-corrected chi connectivity index (χ0v) is 35.6. The summed E-state index contributed by atoms with van der Waals surface area (Å²) in [5.74, 6) is -2.80. The molecule has 3 saturated heterocycles. The van der Waals surface area contributed by atoms with E-state index < -0.39 is 30.0 Å². The zero-order chi connectivity index (χ0) is 42.9. The average molecular weight is 870 g/mol. The van der Waals surface area contributed by atoms with Crippen molar-refractivity contribution in [2.24, 2.45) is 25.9 Å². The lowest BCUT2D eigenvalue weighted by atomic mass is 9.93. The molecule has 4 aliphatic heterocycles. The molecule has 3 N–H and O–H groups in total. The van der Waals surface area contributed by atoms with Gasteiger partial charge in [0.15, 0.2) is 12.4 Å². The van der Waals surface area contributed by atoms with Crippen molar-refractivity contribution in [3.8, 4) is 5.75 Å². The van der Waals surface area contributed by atoms with Crippen LogP contribution in [0.3, 0.4) is 0 Å². The number of piperidine rings is 2. The summed E-state index contributed by atoms with van der Waals surface area (Å²) in [4.78, 5) is 54.3. The molecule has 0 bridgehead atoms. The number of ether oxygens (including phenoxy) is 1. The van der Waals surface area contributed by atoms with E-state index in [0.717, 1.165) is 87.4 Å². The van der Waals surface area contributed by atoms with Crippen molar-refractivity contribution in [3.63, 3.8) is 0 Å². The smallest absolute Gasteiger partial charge is 0.301 e. The van der Waals surface area contributed by atoms with Crippen LogP contribution in [-0.2, 0) is 23.7 Å². The SMILES string of the molecule is Cn1nc(C2CCC(=O)NC2=O)c2ccc(N3CCCN(CC4CCN(c5ncc(Cl)c(Nc6ccc7c(c6)c6c(c(=O)n7C)OCC(F)(F)[C@H](C7CC7)N6)n5)CC4)CC3)cc21. The fourth-order valence-corrected chi connectivity index (χ4v) is 9.93. The minimum Gasteiger partial charge on any atom is -0.480 e. The molecule has 0 spiro atoms. The van der Waals surface area contributed by atoms with Gasteiger partial charge in [-0.2, -0.15) is 10.1 Å². The largest absolute Gasteiger partial charge is 0.480 e. The number of nitrogens with one attached hydrogen (secondary N) is 3. The maximum absolute atomic E-state index is 15.2. The van der Waals surface area contributed by atoms with Gasteiger partial charge >= 0.3 is 5.92 Å². The number of benzene rings is 2. The molecule has 7 heterocycles. The molecular weight excluding hydrogens is 820 g/mol. The van der Waals surface area contributed by atoms with Crippen molar-refractivity contribution in [2.75, 3.05) is 72.9 Å². The molecule has 5 aliphatic rings. The predicted molar refractivity (Wildman–Crippen MR) is 234 cm³/mol. The number of aromatic nitrogens is 5. The van der Waals surface area contributed by atoms with Gasteiger partial charge < -0.3 is 34.6 Å². The lowest BCUT2D eigenvalue weighted by Gasteiger charge is -2.34. The van der Waals surface area contributed by atoms with Crippen LogP contribution < -0.4 is 36.0 Å². The van der Waals surface area contributed by atoms with Crippen LogP contribution in [0.25, 0.3) is 21.8 Å². The number of halogens is 3. The summed E-state index contributed by atoms with van der Waals surface area (Å²) in [6.07, 6.45) is 6.86. The number of amides is 2. The number of hydrogen-bond acceptors (Lipinski definition) is 12. The molecule has 1 unspecified atom stereocenters.